The number of hydrogen-bond donors (Lipinski definition) is 0. The van der Waals surface area contributed by atoms with Crippen molar-refractivity contribution in [3.63, 3.8) is 0 Å². The summed E-state index contributed by atoms with van der Waals surface area (Å²) in [5.74, 6) is 0.136. The van der Waals surface area contributed by atoms with Crippen LogP contribution in [0.5, 0.6) is 5.75 Å². The van der Waals surface area contributed by atoms with Gasteiger partial charge in [-0.15, -0.1) is 0 Å². The maximum absolute atomic E-state index is 13.1. The molecule has 0 aromatic heterocycles. The first-order valence-corrected chi connectivity index (χ1v) is 6.78. The summed E-state index contributed by atoms with van der Waals surface area (Å²) >= 11 is 3.09. The van der Waals surface area contributed by atoms with Crippen LogP contribution in [-0.4, -0.2) is 30.0 Å². The number of amides is 1. The van der Waals surface area contributed by atoms with Gasteiger partial charge in [-0.25, -0.2) is 4.39 Å². The first kappa shape index (κ1) is 13.3. The molecule has 0 aliphatic carbocycles. The summed E-state index contributed by atoms with van der Waals surface area (Å²) in [6.45, 7) is 3.33. The van der Waals surface area contributed by atoms with Crippen molar-refractivity contribution < 1.29 is 13.9 Å². The molecule has 0 spiro atoms. The maximum Gasteiger partial charge on any atom is 0.263 e. The number of carbonyl (C=O) groups is 1. The van der Waals surface area contributed by atoms with Crippen LogP contribution < -0.4 is 4.74 Å². The molecule has 0 bridgehead atoms. The van der Waals surface area contributed by atoms with Crippen molar-refractivity contribution in [2.24, 2.45) is 0 Å². The van der Waals surface area contributed by atoms with Gasteiger partial charge in [0.25, 0.3) is 5.91 Å². The molecular weight excluding hydrogens is 301 g/mol. The number of ether oxygens (including phenoxy) is 1. The van der Waals surface area contributed by atoms with E-state index in [2.05, 4.69) is 15.9 Å². The number of nitrogens with zero attached hydrogens (tertiary/aromatic N) is 1. The zero-order valence-electron chi connectivity index (χ0n) is 10.2. The van der Waals surface area contributed by atoms with E-state index in [0.717, 1.165) is 25.9 Å². The monoisotopic (exact) mass is 315 g/mol. The lowest BCUT2D eigenvalue weighted by Gasteiger charge is -2.21. The molecule has 1 fully saturated rings. The van der Waals surface area contributed by atoms with Crippen molar-refractivity contribution in [2.45, 2.75) is 25.9 Å². The average molecular weight is 316 g/mol. The van der Waals surface area contributed by atoms with Gasteiger partial charge in [0.2, 0.25) is 0 Å². The normalized spacial score (nSPS) is 16.7. The van der Waals surface area contributed by atoms with E-state index in [-0.39, 0.29) is 11.7 Å². The largest absolute Gasteiger partial charge is 0.481 e. The van der Waals surface area contributed by atoms with Gasteiger partial charge in [-0.05, 0) is 53.9 Å². The van der Waals surface area contributed by atoms with Gasteiger partial charge in [0, 0.05) is 13.1 Å². The van der Waals surface area contributed by atoms with E-state index < -0.39 is 6.10 Å². The Morgan fingerprint density at radius 2 is 2.11 bits per heavy atom. The molecule has 1 unspecified atom stereocenters. The van der Waals surface area contributed by atoms with Gasteiger partial charge in [0.15, 0.2) is 6.10 Å². The Balaban J connectivity index is 1.99. The maximum atomic E-state index is 13.1. The van der Waals surface area contributed by atoms with Gasteiger partial charge in [-0.1, -0.05) is 0 Å². The van der Waals surface area contributed by atoms with Crippen LogP contribution in [0.25, 0.3) is 0 Å². The zero-order valence-corrected chi connectivity index (χ0v) is 11.7. The Labute approximate surface area is 114 Å². The van der Waals surface area contributed by atoms with E-state index in [9.17, 15) is 9.18 Å². The summed E-state index contributed by atoms with van der Waals surface area (Å²) in [6, 6.07) is 4.36. The smallest absolute Gasteiger partial charge is 0.263 e. The summed E-state index contributed by atoms with van der Waals surface area (Å²) in [6.07, 6.45) is 1.57. The number of hydrogen-bond acceptors (Lipinski definition) is 2. The molecule has 1 atom stereocenters. The molecule has 98 valence electrons. The predicted octanol–water partition coefficient (Wildman–Crippen LogP) is 2.98. The molecule has 1 saturated heterocycles. The molecule has 1 amide bonds. The summed E-state index contributed by atoms with van der Waals surface area (Å²) in [5, 5.41) is 0. The van der Waals surface area contributed by atoms with Gasteiger partial charge in [-0.2, -0.15) is 0 Å². The minimum absolute atomic E-state index is 0.00653. The highest BCUT2D eigenvalue weighted by molar-refractivity contribution is 9.10. The van der Waals surface area contributed by atoms with Crippen LogP contribution in [0.4, 0.5) is 4.39 Å². The van der Waals surface area contributed by atoms with Gasteiger partial charge in [0.05, 0.1) is 4.47 Å². The first-order valence-electron chi connectivity index (χ1n) is 5.98. The Bertz CT molecular complexity index is 447. The molecule has 0 radical (unpaired) electrons. The molecule has 5 heteroatoms. The quantitative estimate of drug-likeness (QED) is 0.858. The van der Waals surface area contributed by atoms with E-state index in [4.69, 9.17) is 4.74 Å². The number of halogens is 2. The second-order valence-corrected chi connectivity index (χ2v) is 5.22. The Morgan fingerprint density at radius 3 is 2.72 bits per heavy atom. The molecule has 1 aromatic rings. The lowest BCUT2D eigenvalue weighted by Crippen LogP contribution is -2.38. The van der Waals surface area contributed by atoms with E-state index in [1.54, 1.807) is 6.92 Å². The van der Waals surface area contributed by atoms with Crippen molar-refractivity contribution in [2.75, 3.05) is 13.1 Å². The molecule has 1 aliphatic rings. The molecule has 0 saturated carbocycles. The third kappa shape index (κ3) is 3.02. The van der Waals surface area contributed by atoms with Crippen LogP contribution in [0.3, 0.4) is 0 Å². The van der Waals surface area contributed by atoms with E-state index in [0.29, 0.717) is 10.2 Å². The van der Waals surface area contributed by atoms with Crippen molar-refractivity contribution in [3.8, 4) is 5.75 Å². The van der Waals surface area contributed by atoms with E-state index in [1.165, 1.54) is 18.2 Å². The molecule has 2 rings (SSSR count). The Morgan fingerprint density at radius 1 is 1.44 bits per heavy atom. The van der Waals surface area contributed by atoms with Crippen molar-refractivity contribution in [1.82, 2.24) is 4.90 Å². The summed E-state index contributed by atoms with van der Waals surface area (Å²) in [7, 11) is 0. The highest BCUT2D eigenvalue weighted by Gasteiger charge is 2.24. The summed E-state index contributed by atoms with van der Waals surface area (Å²) in [5.41, 5.74) is 0. The van der Waals surface area contributed by atoms with Crippen molar-refractivity contribution in [1.29, 1.82) is 0 Å². The van der Waals surface area contributed by atoms with Crippen molar-refractivity contribution >= 4 is 21.8 Å². The first-order chi connectivity index (χ1) is 8.58. The predicted molar refractivity (Wildman–Crippen MR) is 70.0 cm³/mol. The Hall–Kier alpha value is -1.10. The second kappa shape index (κ2) is 5.69. The third-order valence-corrected chi connectivity index (χ3v) is 3.58. The van der Waals surface area contributed by atoms with Gasteiger partial charge in [0.1, 0.15) is 11.6 Å². The van der Waals surface area contributed by atoms with Crippen LogP contribution in [-0.2, 0) is 4.79 Å². The molecule has 1 aromatic carbocycles. The van der Waals surface area contributed by atoms with Crippen molar-refractivity contribution in [3.05, 3.63) is 28.5 Å². The fraction of sp³-hybridized carbons (Fsp3) is 0.462. The van der Waals surface area contributed by atoms with Gasteiger partial charge < -0.3 is 9.64 Å². The summed E-state index contributed by atoms with van der Waals surface area (Å²) in [4.78, 5) is 13.8. The zero-order chi connectivity index (χ0) is 13.1. The SMILES string of the molecule is CC(Oc1ccc(F)c(Br)c1)C(=O)N1CCCC1. The fourth-order valence-electron chi connectivity index (χ4n) is 2.00. The van der Waals surface area contributed by atoms with Crippen LogP contribution in [0.15, 0.2) is 22.7 Å². The highest BCUT2D eigenvalue weighted by atomic mass is 79.9. The van der Waals surface area contributed by atoms with E-state index >= 15 is 0 Å². The molecule has 1 heterocycles. The lowest BCUT2D eigenvalue weighted by molar-refractivity contribution is -0.136. The molecule has 0 N–H and O–H groups in total. The Kier molecular flexibility index (Phi) is 4.22. The second-order valence-electron chi connectivity index (χ2n) is 4.37. The minimum Gasteiger partial charge on any atom is -0.481 e. The number of carbonyl (C=O) groups excluding carboxylic acids is 1. The highest BCUT2D eigenvalue weighted by Crippen LogP contribution is 2.23. The lowest BCUT2D eigenvalue weighted by atomic mass is 10.3. The minimum atomic E-state index is -0.541. The van der Waals surface area contributed by atoms with Crippen LogP contribution >= 0.6 is 15.9 Å². The summed E-state index contributed by atoms with van der Waals surface area (Å²) < 4.78 is 18.9. The number of rotatable bonds is 3. The molecule has 18 heavy (non-hydrogen) atoms. The topological polar surface area (TPSA) is 29.5 Å². The van der Waals surface area contributed by atoms with Crippen LogP contribution in [0, 0.1) is 5.82 Å². The van der Waals surface area contributed by atoms with Crippen LogP contribution in [0.2, 0.25) is 0 Å². The standard InChI is InChI=1S/C13H15BrFNO2/c1-9(13(17)16-6-2-3-7-16)18-10-4-5-12(15)11(14)8-10/h4-5,8-9H,2-3,6-7H2,1H3. The van der Waals surface area contributed by atoms with Gasteiger partial charge in [-0.3, -0.25) is 4.79 Å². The molecule has 1 aliphatic heterocycles. The fourth-order valence-corrected chi connectivity index (χ4v) is 2.36. The number of benzene rings is 1. The molecular formula is C13H15BrFNO2. The van der Waals surface area contributed by atoms with E-state index in [1.807, 2.05) is 4.90 Å². The average Bonchev–Trinajstić information content (AvgIpc) is 2.86. The van der Waals surface area contributed by atoms with Gasteiger partial charge >= 0.3 is 0 Å². The van der Waals surface area contributed by atoms with Crippen LogP contribution in [0.1, 0.15) is 19.8 Å². The number of likely N-dealkylation sites (tertiary alicyclic amines) is 1. The molecule has 3 nitrogen and oxygen atoms in total. The third-order valence-electron chi connectivity index (χ3n) is 2.97.